The number of carbonyl (C=O) groups is 1. The Bertz CT molecular complexity index is 489. The van der Waals surface area contributed by atoms with E-state index < -0.39 is 0 Å². The van der Waals surface area contributed by atoms with Gasteiger partial charge in [-0.05, 0) is 50.4 Å². The summed E-state index contributed by atoms with van der Waals surface area (Å²) < 4.78 is 0. The van der Waals surface area contributed by atoms with Crippen molar-refractivity contribution in [2.45, 2.75) is 38.1 Å². The Morgan fingerprint density at radius 3 is 2.43 bits per heavy atom. The van der Waals surface area contributed by atoms with Crippen LogP contribution in [0.2, 0.25) is 0 Å². The number of nitrogens with two attached hydrogens (primary N) is 1. The first kappa shape index (κ1) is 14.4. The van der Waals surface area contributed by atoms with E-state index in [1.807, 2.05) is 29.2 Å². The number of likely N-dealkylation sites (tertiary alicyclic amines) is 2. The fraction of sp³-hybridized carbons (Fsp3) is 0.588. The van der Waals surface area contributed by atoms with Crippen molar-refractivity contribution >= 4 is 11.6 Å². The zero-order valence-electron chi connectivity index (χ0n) is 12.6. The number of nitrogens with zero attached hydrogens (tertiary/aromatic N) is 2. The molecule has 2 fully saturated rings. The van der Waals surface area contributed by atoms with Gasteiger partial charge < -0.3 is 15.5 Å². The van der Waals surface area contributed by atoms with Gasteiger partial charge in [0.25, 0.3) is 0 Å². The van der Waals surface area contributed by atoms with E-state index in [9.17, 15) is 4.79 Å². The van der Waals surface area contributed by atoms with Crippen molar-refractivity contribution in [3.8, 4) is 0 Å². The normalized spacial score (nSPS) is 20.9. The summed E-state index contributed by atoms with van der Waals surface area (Å²) in [4.78, 5) is 17.0. The van der Waals surface area contributed by atoms with Crippen LogP contribution in [0.1, 0.15) is 31.2 Å². The Morgan fingerprint density at radius 2 is 1.76 bits per heavy atom. The number of carbonyl (C=O) groups excluding carboxylic acids is 1. The molecule has 114 valence electrons. The third kappa shape index (κ3) is 3.38. The van der Waals surface area contributed by atoms with Gasteiger partial charge in [0, 0.05) is 24.8 Å². The Hall–Kier alpha value is -1.55. The van der Waals surface area contributed by atoms with E-state index in [4.69, 9.17) is 5.73 Å². The largest absolute Gasteiger partial charge is 0.398 e. The molecule has 1 aromatic rings. The van der Waals surface area contributed by atoms with E-state index in [0.717, 1.165) is 37.2 Å². The molecule has 2 saturated heterocycles. The molecule has 21 heavy (non-hydrogen) atoms. The van der Waals surface area contributed by atoms with Crippen molar-refractivity contribution in [2.75, 3.05) is 31.9 Å². The van der Waals surface area contributed by atoms with Gasteiger partial charge in [-0.25, -0.2) is 0 Å². The Kier molecular flexibility index (Phi) is 4.44. The summed E-state index contributed by atoms with van der Waals surface area (Å²) in [6, 6.07) is 8.36. The van der Waals surface area contributed by atoms with Gasteiger partial charge in [-0.15, -0.1) is 0 Å². The van der Waals surface area contributed by atoms with E-state index in [1.54, 1.807) is 0 Å². The van der Waals surface area contributed by atoms with Crippen molar-refractivity contribution in [3.63, 3.8) is 0 Å². The van der Waals surface area contributed by atoms with E-state index in [1.165, 1.54) is 25.9 Å². The monoisotopic (exact) mass is 287 g/mol. The number of benzene rings is 1. The molecule has 0 unspecified atom stereocenters. The van der Waals surface area contributed by atoms with Crippen LogP contribution in [0.3, 0.4) is 0 Å². The quantitative estimate of drug-likeness (QED) is 0.864. The molecular formula is C17H25N3O. The van der Waals surface area contributed by atoms with E-state index in [2.05, 4.69) is 4.90 Å². The molecule has 2 heterocycles. The molecule has 0 radical (unpaired) electrons. The molecule has 3 rings (SSSR count). The molecular weight excluding hydrogens is 262 g/mol. The number of nitrogen functional groups attached to an aromatic ring is 1. The Balaban J connectivity index is 1.52. The first-order chi connectivity index (χ1) is 10.2. The van der Waals surface area contributed by atoms with E-state index >= 15 is 0 Å². The van der Waals surface area contributed by atoms with Gasteiger partial charge in [0.1, 0.15) is 0 Å². The van der Waals surface area contributed by atoms with Crippen LogP contribution in [0.15, 0.2) is 24.3 Å². The summed E-state index contributed by atoms with van der Waals surface area (Å²) in [5, 5.41) is 0. The van der Waals surface area contributed by atoms with Crippen LogP contribution >= 0.6 is 0 Å². The van der Waals surface area contributed by atoms with Crippen molar-refractivity contribution in [2.24, 2.45) is 0 Å². The van der Waals surface area contributed by atoms with Crippen LogP contribution in [0.4, 0.5) is 5.69 Å². The van der Waals surface area contributed by atoms with Crippen molar-refractivity contribution in [1.29, 1.82) is 0 Å². The minimum absolute atomic E-state index is 0.216. The lowest BCUT2D eigenvalue weighted by Crippen LogP contribution is -2.46. The van der Waals surface area contributed by atoms with E-state index in [-0.39, 0.29) is 5.91 Å². The number of para-hydroxylation sites is 1. The zero-order valence-corrected chi connectivity index (χ0v) is 12.6. The van der Waals surface area contributed by atoms with Crippen LogP contribution in [0.25, 0.3) is 0 Å². The minimum atomic E-state index is 0.216. The van der Waals surface area contributed by atoms with Crippen molar-refractivity contribution in [1.82, 2.24) is 9.80 Å². The third-order valence-corrected chi connectivity index (χ3v) is 4.87. The summed E-state index contributed by atoms with van der Waals surface area (Å²) in [7, 11) is 0. The molecule has 2 N–H and O–H groups in total. The lowest BCUT2D eigenvalue weighted by Gasteiger charge is -2.36. The lowest BCUT2D eigenvalue weighted by molar-refractivity contribution is -0.132. The maximum absolute atomic E-state index is 12.4. The highest BCUT2D eigenvalue weighted by molar-refractivity contribution is 5.80. The average molecular weight is 287 g/mol. The predicted molar refractivity (Wildman–Crippen MR) is 85.0 cm³/mol. The summed E-state index contributed by atoms with van der Waals surface area (Å²) in [5.41, 5.74) is 7.59. The SMILES string of the molecule is Nc1ccccc1CC(=O)N1CCC(N2CCCC2)CC1. The molecule has 1 amide bonds. The lowest BCUT2D eigenvalue weighted by atomic mass is 10.0. The van der Waals surface area contributed by atoms with Gasteiger partial charge in [-0.3, -0.25) is 4.79 Å². The highest BCUT2D eigenvalue weighted by Gasteiger charge is 2.28. The maximum Gasteiger partial charge on any atom is 0.227 e. The third-order valence-electron chi connectivity index (χ3n) is 4.87. The Morgan fingerprint density at radius 1 is 1.10 bits per heavy atom. The van der Waals surface area contributed by atoms with Gasteiger partial charge in [0.15, 0.2) is 0 Å². The van der Waals surface area contributed by atoms with Crippen LogP contribution in [0.5, 0.6) is 0 Å². The first-order valence-electron chi connectivity index (χ1n) is 8.09. The number of rotatable bonds is 3. The fourth-order valence-electron chi connectivity index (χ4n) is 3.56. The molecule has 2 aliphatic heterocycles. The fourth-order valence-corrected chi connectivity index (χ4v) is 3.56. The van der Waals surface area contributed by atoms with Gasteiger partial charge in [0.2, 0.25) is 5.91 Å². The van der Waals surface area contributed by atoms with Gasteiger partial charge in [0.05, 0.1) is 6.42 Å². The number of hydrogen-bond acceptors (Lipinski definition) is 3. The topological polar surface area (TPSA) is 49.6 Å². The molecule has 4 heteroatoms. The van der Waals surface area contributed by atoms with Crippen LogP contribution < -0.4 is 5.73 Å². The predicted octanol–water partition coefficient (Wildman–Crippen LogP) is 1.90. The molecule has 4 nitrogen and oxygen atoms in total. The van der Waals surface area contributed by atoms with Crippen LogP contribution in [-0.2, 0) is 11.2 Å². The Labute approximate surface area is 126 Å². The summed E-state index contributed by atoms with van der Waals surface area (Å²) >= 11 is 0. The molecule has 0 aliphatic carbocycles. The van der Waals surface area contributed by atoms with Crippen molar-refractivity contribution < 1.29 is 4.79 Å². The molecule has 0 aromatic heterocycles. The van der Waals surface area contributed by atoms with Crippen LogP contribution in [0, 0.1) is 0 Å². The van der Waals surface area contributed by atoms with Gasteiger partial charge in [-0.1, -0.05) is 18.2 Å². The first-order valence-corrected chi connectivity index (χ1v) is 8.09. The molecule has 1 aromatic carbocycles. The second-order valence-electron chi connectivity index (χ2n) is 6.23. The molecule has 0 spiro atoms. The number of piperidine rings is 1. The van der Waals surface area contributed by atoms with E-state index in [0.29, 0.717) is 12.5 Å². The zero-order chi connectivity index (χ0) is 14.7. The number of hydrogen-bond donors (Lipinski definition) is 1. The van der Waals surface area contributed by atoms with Crippen LogP contribution in [-0.4, -0.2) is 47.9 Å². The smallest absolute Gasteiger partial charge is 0.227 e. The molecule has 2 aliphatic rings. The van der Waals surface area contributed by atoms with Gasteiger partial charge in [-0.2, -0.15) is 0 Å². The second-order valence-corrected chi connectivity index (χ2v) is 6.23. The molecule has 0 saturated carbocycles. The number of anilines is 1. The summed E-state index contributed by atoms with van der Waals surface area (Å²) in [5.74, 6) is 0.216. The second kappa shape index (κ2) is 6.48. The van der Waals surface area contributed by atoms with Gasteiger partial charge >= 0.3 is 0 Å². The highest BCUT2D eigenvalue weighted by atomic mass is 16.2. The molecule has 0 bridgehead atoms. The van der Waals surface area contributed by atoms with Crippen molar-refractivity contribution in [3.05, 3.63) is 29.8 Å². The summed E-state index contributed by atoms with van der Waals surface area (Å²) in [6.07, 6.45) is 5.35. The summed E-state index contributed by atoms with van der Waals surface area (Å²) in [6.45, 7) is 4.29. The highest BCUT2D eigenvalue weighted by Crippen LogP contribution is 2.22. The molecule has 0 atom stereocenters. The minimum Gasteiger partial charge on any atom is -0.398 e. The maximum atomic E-state index is 12.4. The number of amides is 1. The standard InChI is InChI=1S/C17H25N3O/c18-16-6-2-1-5-14(16)13-17(21)20-11-7-15(8-12-20)19-9-3-4-10-19/h1-2,5-6,15H,3-4,7-13,18H2. The average Bonchev–Trinajstić information content (AvgIpc) is 3.04.